The minimum atomic E-state index is -0.476. The lowest BCUT2D eigenvalue weighted by Gasteiger charge is -2.28. The van der Waals surface area contributed by atoms with Crippen molar-refractivity contribution >= 4 is 12.1 Å². The molecule has 2 N–H and O–H groups in total. The molecule has 0 saturated carbocycles. The number of ether oxygens (including phenoxy) is 2. The molecule has 1 atom stereocenters. The molecule has 0 rings (SSSR count). The highest BCUT2D eigenvalue weighted by Gasteiger charge is 2.22. The summed E-state index contributed by atoms with van der Waals surface area (Å²) in [4.78, 5) is 18.2. The molecule has 0 aromatic carbocycles. The Morgan fingerprint density at radius 1 is 1.29 bits per heavy atom. The van der Waals surface area contributed by atoms with Crippen molar-refractivity contribution in [3.63, 3.8) is 0 Å². The number of guanidine groups is 1. The molecule has 0 aromatic heterocycles. The number of nitrogens with one attached hydrogen (secondary N) is 2. The summed E-state index contributed by atoms with van der Waals surface area (Å²) in [7, 11) is 3.46. The van der Waals surface area contributed by atoms with Gasteiger partial charge in [0.05, 0.1) is 0 Å². The van der Waals surface area contributed by atoms with Crippen molar-refractivity contribution in [3.8, 4) is 0 Å². The van der Waals surface area contributed by atoms with Crippen molar-refractivity contribution in [1.82, 2.24) is 15.5 Å². The molecule has 0 spiro atoms. The van der Waals surface area contributed by atoms with Gasteiger partial charge in [-0.2, -0.15) is 0 Å². The maximum atomic E-state index is 12.0. The third-order valence-electron chi connectivity index (χ3n) is 3.32. The molecule has 7 heteroatoms. The van der Waals surface area contributed by atoms with E-state index in [0.717, 1.165) is 38.4 Å². The van der Waals surface area contributed by atoms with Gasteiger partial charge in [0.2, 0.25) is 0 Å². The summed E-state index contributed by atoms with van der Waals surface area (Å²) in [6, 6.07) is 0.0729. The highest BCUT2D eigenvalue weighted by atomic mass is 16.6. The third-order valence-corrected chi connectivity index (χ3v) is 3.32. The molecule has 0 aliphatic carbocycles. The second kappa shape index (κ2) is 11.9. The van der Waals surface area contributed by atoms with Gasteiger partial charge in [0.15, 0.2) is 5.96 Å². The van der Waals surface area contributed by atoms with Crippen molar-refractivity contribution in [2.24, 2.45) is 4.99 Å². The zero-order chi connectivity index (χ0) is 18.6. The average molecular weight is 345 g/mol. The van der Waals surface area contributed by atoms with E-state index in [1.165, 1.54) is 0 Å². The largest absolute Gasteiger partial charge is 0.444 e. The van der Waals surface area contributed by atoms with Crippen LogP contribution in [0.3, 0.4) is 0 Å². The van der Waals surface area contributed by atoms with E-state index >= 15 is 0 Å². The number of amides is 1. The van der Waals surface area contributed by atoms with Gasteiger partial charge in [-0.05, 0) is 47.5 Å². The van der Waals surface area contributed by atoms with Gasteiger partial charge in [0, 0.05) is 46.4 Å². The topological polar surface area (TPSA) is 75.2 Å². The fourth-order valence-corrected chi connectivity index (χ4v) is 1.85. The average Bonchev–Trinajstić information content (AvgIpc) is 2.48. The lowest BCUT2D eigenvalue weighted by molar-refractivity contribution is 0.0230. The predicted molar refractivity (Wildman–Crippen MR) is 98.6 cm³/mol. The molecule has 0 aliphatic rings. The van der Waals surface area contributed by atoms with Gasteiger partial charge < -0.3 is 25.0 Å². The first-order valence-electron chi connectivity index (χ1n) is 8.68. The molecule has 0 heterocycles. The number of aliphatic imine (C=N–C) groups is 1. The molecule has 1 unspecified atom stereocenters. The summed E-state index contributed by atoms with van der Waals surface area (Å²) in [5.74, 6) is 0.792. The van der Waals surface area contributed by atoms with Crippen LogP contribution in [0.1, 0.15) is 47.5 Å². The Bertz CT molecular complexity index is 381. The number of methoxy groups -OCH3 is 1. The lowest BCUT2D eigenvalue weighted by atomic mass is 10.2. The Morgan fingerprint density at radius 2 is 1.96 bits per heavy atom. The summed E-state index contributed by atoms with van der Waals surface area (Å²) in [6.07, 6.45) is 1.40. The second-order valence-corrected chi connectivity index (χ2v) is 6.76. The zero-order valence-electron chi connectivity index (χ0n) is 16.4. The van der Waals surface area contributed by atoms with Gasteiger partial charge in [0.1, 0.15) is 5.60 Å². The van der Waals surface area contributed by atoms with Gasteiger partial charge in [-0.3, -0.25) is 4.99 Å². The van der Waals surface area contributed by atoms with Crippen LogP contribution >= 0.6 is 0 Å². The first-order chi connectivity index (χ1) is 11.2. The zero-order valence-corrected chi connectivity index (χ0v) is 16.4. The van der Waals surface area contributed by atoms with Crippen molar-refractivity contribution in [2.45, 2.75) is 59.1 Å². The van der Waals surface area contributed by atoms with Gasteiger partial charge in [-0.15, -0.1) is 0 Å². The standard InChI is InChI=1S/C17H36N4O3/c1-8-18-15(19-11-9-13-23-7)20-12-10-14(2)21(6)16(22)24-17(3,4)5/h14H,8-13H2,1-7H3,(H2,18,19,20). The second-order valence-electron chi connectivity index (χ2n) is 6.76. The van der Waals surface area contributed by atoms with Crippen molar-refractivity contribution in [3.05, 3.63) is 0 Å². The van der Waals surface area contributed by atoms with E-state index < -0.39 is 5.60 Å². The Hall–Kier alpha value is -1.50. The molecule has 0 bridgehead atoms. The van der Waals surface area contributed by atoms with Gasteiger partial charge in [0.25, 0.3) is 0 Å². The van der Waals surface area contributed by atoms with Crippen LogP contribution in [0.5, 0.6) is 0 Å². The van der Waals surface area contributed by atoms with Gasteiger partial charge >= 0.3 is 6.09 Å². The van der Waals surface area contributed by atoms with E-state index in [0.29, 0.717) is 6.61 Å². The van der Waals surface area contributed by atoms with Gasteiger partial charge in [-0.1, -0.05) is 0 Å². The van der Waals surface area contributed by atoms with Crippen LogP contribution in [-0.2, 0) is 9.47 Å². The number of nitrogens with zero attached hydrogens (tertiary/aromatic N) is 2. The Morgan fingerprint density at radius 3 is 2.50 bits per heavy atom. The molecule has 0 saturated heterocycles. The summed E-state index contributed by atoms with van der Waals surface area (Å²) < 4.78 is 10.4. The molecular weight excluding hydrogens is 308 g/mol. The lowest BCUT2D eigenvalue weighted by Crippen LogP contribution is -2.42. The predicted octanol–water partition coefficient (Wildman–Crippen LogP) is 2.22. The summed E-state index contributed by atoms with van der Waals surface area (Å²) in [5.41, 5.74) is -0.476. The molecule has 24 heavy (non-hydrogen) atoms. The molecule has 0 aliphatic heterocycles. The fourth-order valence-electron chi connectivity index (χ4n) is 1.85. The fraction of sp³-hybridized carbons (Fsp3) is 0.882. The van der Waals surface area contributed by atoms with Crippen LogP contribution in [0, 0.1) is 0 Å². The normalized spacial score (nSPS) is 13.4. The van der Waals surface area contributed by atoms with Gasteiger partial charge in [-0.25, -0.2) is 4.79 Å². The number of hydrogen-bond donors (Lipinski definition) is 2. The monoisotopic (exact) mass is 344 g/mol. The molecule has 0 fully saturated rings. The Labute approximate surface area is 147 Å². The van der Waals surface area contributed by atoms with Crippen LogP contribution in [0.25, 0.3) is 0 Å². The number of carbonyl (C=O) groups is 1. The molecule has 7 nitrogen and oxygen atoms in total. The first-order valence-corrected chi connectivity index (χ1v) is 8.68. The summed E-state index contributed by atoms with van der Waals surface area (Å²) in [5, 5.41) is 6.50. The van der Waals surface area contributed by atoms with E-state index in [-0.39, 0.29) is 12.1 Å². The summed E-state index contributed by atoms with van der Waals surface area (Å²) >= 11 is 0. The smallest absolute Gasteiger partial charge is 0.410 e. The van der Waals surface area contributed by atoms with Crippen molar-refractivity contribution < 1.29 is 14.3 Å². The van der Waals surface area contributed by atoms with Crippen LogP contribution in [0.2, 0.25) is 0 Å². The molecule has 142 valence electrons. The molecule has 0 aromatic rings. The van der Waals surface area contributed by atoms with Crippen LogP contribution in [0.4, 0.5) is 4.79 Å². The minimum Gasteiger partial charge on any atom is -0.444 e. The highest BCUT2D eigenvalue weighted by molar-refractivity contribution is 5.79. The highest BCUT2D eigenvalue weighted by Crippen LogP contribution is 2.11. The summed E-state index contributed by atoms with van der Waals surface area (Å²) in [6.45, 7) is 12.6. The van der Waals surface area contributed by atoms with Crippen molar-refractivity contribution in [2.75, 3.05) is 40.4 Å². The third kappa shape index (κ3) is 11.1. The maximum absolute atomic E-state index is 12.0. The Balaban J connectivity index is 4.26. The minimum absolute atomic E-state index is 0.0729. The first kappa shape index (κ1) is 22.5. The SMILES string of the molecule is CCNC(=NCCCOC)NCCC(C)N(C)C(=O)OC(C)(C)C. The van der Waals surface area contributed by atoms with E-state index in [9.17, 15) is 4.79 Å². The Kier molecular flexibility index (Phi) is 11.2. The molecule has 1 amide bonds. The number of hydrogen-bond acceptors (Lipinski definition) is 4. The van der Waals surface area contributed by atoms with E-state index in [2.05, 4.69) is 15.6 Å². The van der Waals surface area contributed by atoms with Crippen LogP contribution < -0.4 is 10.6 Å². The maximum Gasteiger partial charge on any atom is 0.410 e. The van der Waals surface area contributed by atoms with Crippen LogP contribution in [-0.4, -0.2) is 69.0 Å². The molecular formula is C17H36N4O3. The van der Waals surface area contributed by atoms with E-state index in [4.69, 9.17) is 9.47 Å². The van der Waals surface area contributed by atoms with Crippen LogP contribution in [0.15, 0.2) is 4.99 Å². The number of carbonyl (C=O) groups excluding carboxylic acids is 1. The quantitative estimate of drug-likeness (QED) is 0.381. The molecule has 0 radical (unpaired) electrons. The van der Waals surface area contributed by atoms with E-state index in [1.54, 1.807) is 19.1 Å². The van der Waals surface area contributed by atoms with Crippen molar-refractivity contribution in [1.29, 1.82) is 0 Å². The van der Waals surface area contributed by atoms with E-state index in [1.807, 2.05) is 34.6 Å². The number of rotatable bonds is 9.